The van der Waals surface area contributed by atoms with E-state index >= 15 is 0 Å². The lowest BCUT2D eigenvalue weighted by atomic mass is 10.0. The van der Waals surface area contributed by atoms with Gasteiger partial charge in [0.05, 0.1) is 35.1 Å². The van der Waals surface area contributed by atoms with E-state index in [9.17, 15) is 4.79 Å². The van der Waals surface area contributed by atoms with E-state index in [0.717, 1.165) is 23.4 Å². The van der Waals surface area contributed by atoms with Gasteiger partial charge in [-0.2, -0.15) is 5.26 Å². The fourth-order valence-electron chi connectivity index (χ4n) is 2.64. The highest BCUT2D eigenvalue weighted by atomic mass is 16.6. The Hall–Kier alpha value is -3.10. The normalized spacial score (nSPS) is 19.5. The molecule has 1 saturated heterocycles. The van der Waals surface area contributed by atoms with Crippen molar-refractivity contribution in [1.29, 1.82) is 5.26 Å². The van der Waals surface area contributed by atoms with Crippen LogP contribution in [0.2, 0.25) is 0 Å². The fourth-order valence-corrected chi connectivity index (χ4v) is 2.64. The van der Waals surface area contributed by atoms with Gasteiger partial charge in [-0.3, -0.25) is 4.79 Å². The monoisotopic (exact) mass is 318 g/mol. The zero-order chi connectivity index (χ0) is 16.5. The molecule has 1 unspecified atom stereocenters. The largest absolute Gasteiger partial charge is 0.490 e. The lowest BCUT2D eigenvalue weighted by molar-refractivity contribution is -0.110. The summed E-state index contributed by atoms with van der Waals surface area (Å²) in [5.74, 6) is 0.509. The number of epoxide rings is 1. The fraction of sp³-hybridized carbons (Fsp3) is 0.158. The maximum Gasteiger partial charge on any atom is 0.256 e. The molecule has 2 aromatic rings. The Labute approximate surface area is 139 Å². The molecule has 2 aromatic carbocycles. The van der Waals surface area contributed by atoms with Gasteiger partial charge in [-0.25, -0.2) is 0 Å². The number of nitriles is 1. The first-order chi connectivity index (χ1) is 11.7. The van der Waals surface area contributed by atoms with Crippen LogP contribution >= 0.6 is 0 Å². The van der Waals surface area contributed by atoms with Crippen LogP contribution in [0, 0.1) is 11.3 Å². The van der Waals surface area contributed by atoms with E-state index in [1.807, 2.05) is 36.4 Å². The summed E-state index contributed by atoms with van der Waals surface area (Å²) < 4.78 is 11.0. The lowest BCUT2D eigenvalue weighted by Gasteiger charge is -2.09. The number of hydrogen-bond acceptors (Lipinski definition) is 4. The topological polar surface area (TPSA) is 74.7 Å². The molecule has 0 saturated carbocycles. The number of ether oxygens (including phenoxy) is 2. The molecule has 0 spiro atoms. The van der Waals surface area contributed by atoms with Crippen molar-refractivity contribution in [2.75, 3.05) is 18.5 Å². The Morgan fingerprint density at radius 2 is 2.08 bits per heavy atom. The SMILES string of the molecule is N#Cc1ccc(/C=C2\C(=O)Nc3cccc(OCC4CO4)c32)cc1. The third kappa shape index (κ3) is 2.75. The highest BCUT2D eigenvalue weighted by Crippen LogP contribution is 2.40. The number of carbonyl (C=O) groups excluding carboxylic acids is 1. The molecule has 1 atom stereocenters. The molecule has 2 aliphatic rings. The second kappa shape index (κ2) is 5.84. The second-order valence-electron chi connectivity index (χ2n) is 5.69. The standard InChI is InChI=1S/C19H14N2O3/c20-9-13-6-4-12(5-7-13)8-15-18-16(21-19(15)22)2-1-3-17(18)24-11-14-10-23-14/h1-8,14H,10-11H2,(H,21,22)/b15-8-. The number of benzene rings is 2. The first-order valence-corrected chi connectivity index (χ1v) is 7.65. The molecule has 5 heteroatoms. The molecule has 0 radical (unpaired) electrons. The molecule has 24 heavy (non-hydrogen) atoms. The van der Waals surface area contributed by atoms with Crippen LogP contribution < -0.4 is 10.1 Å². The minimum Gasteiger partial charge on any atom is -0.490 e. The van der Waals surface area contributed by atoms with Gasteiger partial charge in [0.25, 0.3) is 5.91 Å². The quantitative estimate of drug-likeness (QED) is 0.695. The number of fused-ring (bicyclic) bond motifs is 1. The van der Waals surface area contributed by atoms with E-state index in [1.54, 1.807) is 12.1 Å². The second-order valence-corrected chi connectivity index (χ2v) is 5.69. The van der Waals surface area contributed by atoms with E-state index in [-0.39, 0.29) is 12.0 Å². The van der Waals surface area contributed by atoms with Crippen molar-refractivity contribution in [1.82, 2.24) is 0 Å². The molecule has 1 amide bonds. The first-order valence-electron chi connectivity index (χ1n) is 7.65. The van der Waals surface area contributed by atoms with Crippen LogP contribution in [0.5, 0.6) is 5.75 Å². The number of rotatable bonds is 4. The van der Waals surface area contributed by atoms with Crippen LogP contribution in [0.4, 0.5) is 5.69 Å². The van der Waals surface area contributed by atoms with Crippen LogP contribution in [-0.2, 0) is 9.53 Å². The Bertz CT molecular complexity index is 874. The van der Waals surface area contributed by atoms with Crippen LogP contribution in [0.25, 0.3) is 11.6 Å². The highest BCUT2D eigenvalue weighted by Gasteiger charge is 2.29. The molecule has 4 rings (SSSR count). The van der Waals surface area contributed by atoms with Crippen molar-refractivity contribution in [3.8, 4) is 11.8 Å². The van der Waals surface area contributed by atoms with E-state index in [0.29, 0.717) is 23.5 Å². The molecule has 118 valence electrons. The van der Waals surface area contributed by atoms with Crippen molar-refractivity contribution in [3.05, 3.63) is 59.2 Å². The third-order valence-corrected chi connectivity index (χ3v) is 3.97. The maximum absolute atomic E-state index is 12.3. The van der Waals surface area contributed by atoms with Crippen molar-refractivity contribution in [2.24, 2.45) is 0 Å². The molecular formula is C19H14N2O3. The molecule has 5 nitrogen and oxygen atoms in total. The van der Waals surface area contributed by atoms with Gasteiger partial charge >= 0.3 is 0 Å². The lowest BCUT2D eigenvalue weighted by Crippen LogP contribution is -2.05. The molecule has 0 aromatic heterocycles. The maximum atomic E-state index is 12.3. The van der Waals surface area contributed by atoms with Gasteiger partial charge in [-0.1, -0.05) is 18.2 Å². The van der Waals surface area contributed by atoms with Gasteiger partial charge in [0.15, 0.2) is 0 Å². The van der Waals surface area contributed by atoms with Crippen molar-refractivity contribution in [3.63, 3.8) is 0 Å². The van der Waals surface area contributed by atoms with Gasteiger partial charge in [0.1, 0.15) is 18.5 Å². The summed E-state index contributed by atoms with van der Waals surface area (Å²) >= 11 is 0. The van der Waals surface area contributed by atoms with Gasteiger partial charge in [0.2, 0.25) is 0 Å². The van der Waals surface area contributed by atoms with Crippen LogP contribution in [0.1, 0.15) is 16.7 Å². The first kappa shape index (κ1) is 14.5. The minimum absolute atomic E-state index is 0.150. The molecule has 2 aliphatic heterocycles. The van der Waals surface area contributed by atoms with Gasteiger partial charge in [-0.05, 0) is 35.9 Å². The average Bonchev–Trinajstić information content (AvgIpc) is 3.38. The van der Waals surface area contributed by atoms with Crippen molar-refractivity contribution < 1.29 is 14.3 Å². The van der Waals surface area contributed by atoms with Crippen molar-refractivity contribution in [2.45, 2.75) is 6.10 Å². The zero-order valence-corrected chi connectivity index (χ0v) is 12.8. The molecular weight excluding hydrogens is 304 g/mol. The number of hydrogen-bond donors (Lipinski definition) is 1. The van der Waals surface area contributed by atoms with Gasteiger partial charge in [-0.15, -0.1) is 0 Å². The minimum atomic E-state index is -0.159. The Kier molecular flexibility index (Phi) is 3.52. The highest BCUT2D eigenvalue weighted by molar-refractivity contribution is 6.35. The van der Waals surface area contributed by atoms with E-state index in [1.165, 1.54) is 0 Å². The number of nitrogens with zero attached hydrogens (tertiary/aromatic N) is 1. The van der Waals surface area contributed by atoms with Crippen LogP contribution in [-0.4, -0.2) is 25.2 Å². The van der Waals surface area contributed by atoms with Crippen LogP contribution in [0.15, 0.2) is 42.5 Å². The summed E-state index contributed by atoms with van der Waals surface area (Å²) in [6, 6.07) is 14.7. The van der Waals surface area contributed by atoms with E-state index < -0.39 is 0 Å². The van der Waals surface area contributed by atoms with Gasteiger partial charge < -0.3 is 14.8 Å². The van der Waals surface area contributed by atoms with Gasteiger partial charge in [0, 0.05) is 0 Å². The molecule has 1 fully saturated rings. The average molecular weight is 318 g/mol. The summed E-state index contributed by atoms with van der Waals surface area (Å²) in [6.07, 6.45) is 1.96. The zero-order valence-electron chi connectivity index (χ0n) is 12.8. The van der Waals surface area contributed by atoms with E-state index in [4.69, 9.17) is 14.7 Å². The Morgan fingerprint density at radius 3 is 2.79 bits per heavy atom. The summed E-state index contributed by atoms with van der Waals surface area (Å²) in [5, 5.41) is 11.7. The smallest absolute Gasteiger partial charge is 0.256 e. The Morgan fingerprint density at radius 1 is 1.29 bits per heavy atom. The molecule has 0 bridgehead atoms. The molecule has 1 N–H and O–H groups in total. The van der Waals surface area contributed by atoms with Crippen molar-refractivity contribution >= 4 is 23.2 Å². The van der Waals surface area contributed by atoms with Crippen LogP contribution in [0.3, 0.4) is 0 Å². The summed E-state index contributed by atoms with van der Waals surface area (Å²) in [7, 11) is 0. The number of carbonyl (C=O) groups is 1. The summed E-state index contributed by atoms with van der Waals surface area (Å²) in [5.41, 5.74) is 3.51. The van der Waals surface area contributed by atoms with E-state index in [2.05, 4.69) is 11.4 Å². The summed E-state index contributed by atoms with van der Waals surface area (Å²) in [6.45, 7) is 1.20. The summed E-state index contributed by atoms with van der Waals surface area (Å²) in [4.78, 5) is 12.3. The number of nitrogens with one attached hydrogen (secondary N) is 1. The molecule has 0 aliphatic carbocycles. The predicted molar refractivity (Wildman–Crippen MR) is 89.3 cm³/mol. The third-order valence-electron chi connectivity index (χ3n) is 3.97. The number of anilines is 1. The predicted octanol–water partition coefficient (Wildman–Crippen LogP) is 2.83. The number of amides is 1. The molecule has 2 heterocycles. The Balaban J connectivity index is 1.70.